The molecule has 1 aliphatic heterocycles. The summed E-state index contributed by atoms with van der Waals surface area (Å²) in [7, 11) is 0. The maximum Gasteiger partial charge on any atom is 0.338 e. The molecular formula is C21H28N4O3. The summed E-state index contributed by atoms with van der Waals surface area (Å²) in [5, 5.41) is 2.92. The number of piperidine rings is 1. The number of nitrogens with one attached hydrogen (secondary N) is 1. The molecule has 0 bridgehead atoms. The predicted octanol–water partition coefficient (Wildman–Crippen LogP) is 3.25. The van der Waals surface area contributed by atoms with Crippen molar-refractivity contribution in [1.29, 1.82) is 0 Å². The molecule has 2 aromatic rings. The van der Waals surface area contributed by atoms with Gasteiger partial charge in [-0.15, -0.1) is 0 Å². The molecule has 1 aromatic heterocycles. The molecule has 7 heteroatoms. The van der Waals surface area contributed by atoms with Crippen molar-refractivity contribution in [3.8, 4) is 0 Å². The number of aryl methyl sites for hydroxylation is 1. The van der Waals surface area contributed by atoms with Crippen molar-refractivity contribution in [2.24, 2.45) is 0 Å². The summed E-state index contributed by atoms with van der Waals surface area (Å²) in [4.78, 5) is 31.1. The Bertz CT molecular complexity index is 800. The van der Waals surface area contributed by atoms with Gasteiger partial charge in [-0.25, -0.2) is 9.78 Å². The third kappa shape index (κ3) is 4.78. The number of ether oxygens (including phenoxy) is 1. The van der Waals surface area contributed by atoms with E-state index in [1.54, 1.807) is 31.2 Å². The fourth-order valence-electron chi connectivity index (χ4n) is 3.65. The number of carbonyl (C=O) groups is 2. The highest BCUT2D eigenvalue weighted by atomic mass is 16.5. The maximum atomic E-state index is 12.6. The molecule has 0 spiro atoms. The molecule has 1 aromatic carbocycles. The van der Waals surface area contributed by atoms with Gasteiger partial charge in [-0.05, 0) is 57.5 Å². The van der Waals surface area contributed by atoms with E-state index in [0.717, 1.165) is 38.2 Å². The van der Waals surface area contributed by atoms with Crippen LogP contribution in [0, 0.1) is 0 Å². The van der Waals surface area contributed by atoms with Gasteiger partial charge >= 0.3 is 5.97 Å². The molecule has 1 aliphatic rings. The number of aromatic nitrogens is 2. The molecule has 2 heterocycles. The number of amides is 1. The summed E-state index contributed by atoms with van der Waals surface area (Å²) in [6.45, 7) is 6.29. The summed E-state index contributed by atoms with van der Waals surface area (Å²) in [5.41, 5.74) is 1.14. The lowest BCUT2D eigenvalue weighted by atomic mass is 10.0. The second-order valence-corrected chi connectivity index (χ2v) is 6.90. The van der Waals surface area contributed by atoms with E-state index in [1.807, 2.05) is 12.4 Å². The highest BCUT2D eigenvalue weighted by molar-refractivity contribution is 5.94. The van der Waals surface area contributed by atoms with Gasteiger partial charge in [0.25, 0.3) is 0 Å². The molecule has 0 saturated carbocycles. The van der Waals surface area contributed by atoms with E-state index in [4.69, 9.17) is 4.74 Å². The van der Waals surface area contributed by atoms with Gasteiger partial charge in [-0.3, -0.25) is 9.69 Å². The van der Waals surface area contributed by atoms with Gasteiger partial charge in [-0.1, -0.05) is 6.42 Å². The van der Waals surface area contributed by atoms with E-state index in [2.05, 4.69) is 26.7 Å². The number of benzene rings is 1. The molecule has 1 amide bonds. The van der Waals surface area contributed by atoms with E-state index in [1.165, 1.54) is 0 Å². The molecule has 1 fully saturated rings. The molecule has 0 aliphatic carbocycles. The topological polar surface area (TPSA) is 76.5 Å². The van der Waals surface area contributed by atoms with Crippen molar-refractivity contribution in [2.45, 2.75) is 45.7 Å². The number of nitrogens with zero attached hydrogens (tertiary/aromatic N) is 3. The van der Waals surface area contributed by atoms with Crippen LogP contribution >= 0.6 is 0 Å². The van der Waals surface area contributed by atoms with E-state index in [-0.39, 0.29) is 17.9 Å². The quantitative estimate of drug-likeness (QED) is 0.742. The number of rotatable bonds is 7. The molecule has 28 heavy (non-hydrogen) atoms. The fraction of sp³-hybridized carbons (Fsp3) is 0.476. The van der Waals surface area contributed by atoms with Crippen molar-refractivity contribution in [3.63, 3.8) is 0 Å². The number of imidazole rings is 1. The van der Waals surface area contributed by atoms with Gasteiger partial charge < -0.3 is 14.6 Å². The SMILES string of the molecule is CCOC(=O)c1ccc(NC(=O)CN2CCCCC2c2nccn2CC)cc1. The lowest BCUT2D eigenvalue weighted by Gasteiger charge is -2.34. The molecule has 7 nitrogen and oxygen atoms in total. The van der Waals surface area contributed by atoms with Crippen LogP contribution in [-0.2, 0) is 16.1 Å². The maximum absolute atomic E-state index is 12.6. The van der Waals surface area contributed by atoms with Gasteiger partial charge in [0.2, 0.25) is 5.91 Å². The summed E-state index contributed by atoms with van der Waals surface area (Å²) < 4.78 is 7.12. The number of likely N-dealkylation sites (tertiary alicyclic amines) is 1. The zero-order valence-electron chi connectivity index (χ0n) is 16.6. The van der Waals surface area contributed by atoms with Gasteiger partial charge in [0.15, 0.2) is 0 Å². The van der Waals surface area contributed by atoms with Crippen LogP contribution in [0.2, 0.25) is 0 Å². The van der Waals surface area contributed by atoms with E-state index < -0.39 is 0 Å². The Morgan fingerprint density at radius 3 is 2.71 bits per heavy atom. The Kier molecular flexibility index (Phi) is 6.81. The molecule has 1 N–H and O–H groups in total. The smallest absolute Gasteiger partial charge is 0.338 e. The standard InChI is InChI=1S/C21H28N4O3/c1-3-24-14-12-22-20(24)18-7-5-6-13-25(18)15-19(26)23-17-10-8-16(9-11-17)21(27)28-4-2/h8-12,14,18H,3-7,13,15H2,1-2H3,(H,23,26). The Hall–Kier alpha value is -2.67. The van der Waals surface area contributed by atoms with Crippen molar-refractivity contribution < 1.29 is 14.3 Å². The first kappa shape index (κ1) is 20.1. The molecule has 150 valence electrons. The Morgan fingerprint density at radius 1 is 1.21 bits per heavy atom. The third-order valence-corrected chi connectivity index (χ3v) is 5.03. The zero-order valence-corrected chi connectivity index (χ0v) is 16.6. The summed E-state index contributed by atoms with van der Waals surface area (Å²) in [6, 6.07) is 6.94. The van der Waals surface area contributed by atoms with Crippen molar-refractivity contribution in [3.05, 3.63) is 48.0 Å². The molecule has 3 rings (SSSR count). The average molecular weight is 384 g/mol. The fourth-order valence-corrected chi connectivity index (χ4v) is 3.65. The van der Waals surface area contributed by atoms with Crippen LogP contribution in [0.5, 0.6) is 0 Å². The minimum atomic E-state index is -0.358. The highest BCUT2D eigenvalue weighted by Gasteiger charge is 2.28. The van der Waals surface area contributed by atoms with Crippen LogP contribution < -0.4 is 5.32 Å². The van der Waals surface area contributed by atoms with Gasteiger partial charge in [0.05, 0.1) is 24.8 Å². The number of hydrogen-bond acceptors (Lipinski definition) is 5. The minimum Gasteiger partial charge on any atom is -0.462 e. The van der Waals surface area contributed by atoms with Crippen molar-refractivity contribution >= 4 is 17.6 Å². The minimum absolute atomic E-state index is 0.0645. The predicted molar refractivity (Wildman–Crippen MR) is 107 cm³/mol. The van der Waals surface area contributed by atoms with Crippen LogP contribution in [0.25, 0.3) is 0 Å². The van der Waals surface area contributed by atoms with Crippen LogP contribution in [0.4, 0.5) is 5.69 Å². The van der Waals surface area contributed by atoms with E-state index >= 15 is 0 Å². The summed E-state index contributed by atoms with van der Waals surface area (Å²) in [5.74, 6) is 0.613. The molecular weight excluding hydrogens is 356 g/mol. The normalized spacial score (nSPS) is 17.3. The highest BCUT2D eigenvalue weighted by Crippen LogP contribution is 2.29. The second kappa shape index (κ2) is 9.50. The number of carbonyl (C=O) groups excluding carboxylic acids is 2. The summed E-state index contributed by atoms with van der Waals surface area (Å²) >= 11 is 0. The molecule has 0 radical (unpaired) electrons. The monoisotopic (exact) mass is 384 g/mol. The Labute approximate surface area is 165 Å². The van der Waals surface area contributed by atoms with E-state index in [0.29, 0.717) is 24.4 Å². The number of anilines is 1. The Morgan fingerprint density at radius 2 is 2.00 bits per heavy atom. The van der Waals surface area contributed by atoms with Crippen molar-refractivity contribution in [2.75, 3.05) is 25.0 Å². The first-order valence-corrected chi connectivity index (χ1v) is 9.94. The van der Waals surface area contributed by atoms with Gasteiger partial charge in [-0.2, -0.15) is 0 Å². The van der Waals surface area contributed by atoms with E-state index in [9.17, 15) is 9.59 Å². The molecule has 1 atom stereocenters. The molecule has 1 saturated heterocycles. The number of hydrogen-bond donors (Lipinski definition) is 1. The van der Waals surface area contributed by atoms with Crippen LogP contribution in [-0.4, -0.2) is 46.0 Å². The Balaban J connectivity index is 1.62. The second-order valence-electron chi connectivity index (χ2n) is 6.90. The average Bonchev–Trinajstić information content (AvgIpc) is 3.17. The lowest BCUT2D eigenvalue weighted by molar-refractivity contribution is -0.118. The largest absolute Gasteiger partial charge is 0.462 e. The van der Waals surface area contributed by atoms with Crippen LogP contribution in [0.15, 0.2) is 36.7 Å². The first-order valence-electron chi connectivity index (χ1n) is 9.94. The lowest BCUT2D eigenvalue weighted by Crippen LogP contribution is -2.40. The van der Waals surface area contributed by atoms with Crippen LogP contribution in [0.3, 0.4) is 0 Å². The summed E-state index contributed by atoms with van der Waals surface area (Å²) in [6.07, 6.45) is 7.07. The van der Waals surface area contributed by atoms with Gasteiger partial charge in [0.1, 0.15) is 5.82 Å². The molecule has 1 unspecified atom stereocenters. The van der Waals surface area contributed by atoms with Crippen LogP contribution in [0.1, 0.15) is 55.3 Å². The number of esters is 1. The first-order chi connectivity index (χ1) is 13.6. The van der Waals surface area contributed by atoms with Crippen molar-refractivity contribution in [1.82, 2.24) is 14.5 Å². The van der Waals surface area contributed by atoms with Gasteiger partial charge in [0, 0.05) is 24.6 Å². The third-order valence-electron chi connectivity index (χ3n) is 5.03. The zero-order chi connectivity index (χ0) is 19.9.